The van der Waals surface area contributed by atoms with E-state index in [4.69, 9.17) is 30.5 Å². The molecule has 0 saturated heterocycles. The summed E-state index contributed by atoms with van der Waals surface area (Å²) in [5.74, 6) is 2.53. The van der Waals surface area contributed by atoms with Crippen LogP contribution in [0.2, 0.25) is 5.02 Å². The number of carbonyl (C=O) groups excluding carboxylic acids is 1. The Bertz CT molecular complexity index is 1570. The number of carbonyl (C=O) groups is 1. The molecule has 1 heterocycles. The van der Waals surface area contributed by atoms with Crippen LogP contribution in [-0.2, 0) is 11.3 Å². The van der Waals surface area contributed by atoms with Crippen molar-refractivity contribution >= 4 is 28.5 Å². The molecule has 4 aromatic rings. The molecule has 1 aromatic heterocycles. The van der Waals surface area contributed by atoms with Crippen molar-refractivity contribution in [3.05, 3.63) is 82.6 Å². The van der Waals surface area contributed by atoms with Gasteiger partial charge < -0.3 is 33.3 Å². The number of imidazole rings is 1. The number of benzene rings is 3. The molecule has 9 nitrogen and oxygen atoms in total. The lowest BCUT2D eigenvalue weighted by molar-refractivity contribution is 0.0781. The van der Waals surface area contributed by atoms with Crippen LogP contribution < -0.4 is 14.2 Å². The highest BCUT2D eigenvalue weighted by molar-refractivity contribution is 6.30. The van der Waals surface area contributed by atoms with Crippen molar-refractivity contribution in [1.82, 2.24) is 19.4 Å². The highest BCUT2D eigenvalue weighted by Gasteiger charge is 2.23. The Morgan fingerprint density at radius 1 is 0.900 bits per heavy atom. The monoisotopic (exact) mass is 708 g/mol. The maximum atomic E-state index is 13.4. The van der Waals surface area contributed by atoms with E-state index >= 15 is 0 Å². The molecule has 10 heteroatoms. The lowest BCUT2D eigenvalue weighted by Crippen LogP contribution is -2.33. The van der Waals surface area contributed by atoms with Gasteiger partial charge in [0.2, 0.25) is 5.75 Å². The number of ether oxygens (including phenoxy) is 4. The molecule has 1 amide bonds. The highest BCUT2D eigenvalue weighted by atomic mass is 35.5. The van der Waals surface area contributed by atoms with Gasteiger partial charge in [0.25, 0.3) is 5.91 Å². The highest BCUT2D eigenvalue weighted by Crippen LogP contribution is 2.38. The van der Waals surface area contributed by atoms with E-state index in [0.29, 0.717) is 34.4 Å². The quantitative estimate of drug-likeness (QED) is 0.0904. The first-order chi connectivity index (χ1) is 24.2. The van der Waals surface area contributed by atoms with Crippen molar-refractivity contribution in [2.75, 3.05) is 67.8 Å². The van der Waals surface area contributed by atoms with Crippen LogP contribution in [0.25, 0.3) is 11.0 Å². The summed E-state index contributed by atoms with van der Waals surface area (Å²) in [6.45, 7) is 14.7. The first-order valence-corrected chi connectivity index (χ1v) is 18.1. The Morgan fingerprint density at radius 2 is 1.58 bits per heavy atom. The van der Waals surface area contributed by atoms with Gasteiger partial charge in [-0.1, -0.05) is 56.1 Å². The van der Waals surface area contributed by atoms with Crippen LogP contribution in [0.1, 0.15) is 74.1 Å². The molecule has 4 rings (SSSR count). The number of amides is 1. The summed E-state index contributed by atoms with van der Waals surface area (Å²) in [5.41, 5.74) is 3.93. The lowest BCUT2D eigenvalue weighted by atomic mass is 9.94. The van der Waals surface area contributed by atoms with Crippen molar-refractivity contribution in [2.45, 2.75) is 65.8 Å². The summed E-state index contributed by atoms with van der Waals surface area (Å²) in [6.07, 6.45) is 4.48. The van der Waals surface area contributed by atoms with Gasteiger partial charge in [0.05, 0.1) is 39.0 Å². The molecule has 0 N–H and O–H groups in total. The van der Waals surface area contributed by atoms with Crippen molar-refractivity contribution in [1.29, 1.82) is 0 Å². The second-order valence-corrected chi connectivity index (χ2v) is 12.8. The molecule has 0 spiro atoms. The summed E-state index contributed by atoms with van der Waals surface area (Å²) in [5, 5.41) is 0.713. The van der Waals surface area contributed by atoms with E-state index in [9.17, 15) is 4.79 Å². The largest absolute Gasteiger partial charge is 0.493 e. The summed E-state index contributed by atoms with van der Waals surface area (Å²) < 4.78 is 23.8. The molecule has 274 valence electrons. The van der Waals surface area contributed by atoms with Crippen LogP contribution in [0.5, 0.6) is 17.2 Å². The maximum Gasteiger partial charge on any atom is 0.253 e. The molecule has 3 aromatic carbocycles. The smallest absolute Gasteiger partial charge is 0.253 e. The van der Waals surface area contributed by atoms with Crippen molar-refractivity contribution in [3.8, 4) is 17.2 Å². The zero-order chi connectivity index (χ0) is 36.5. The Kier molecular flexibility index (Phi) is 17.4. The number of nitrogens with zero attached hydrogens (tertiary/aromatic N) is 4. The van der Waals surface area contributed by atoms with E-state index in [-0.39, 0.29) is 11.8 Å². The van der Waals surface area contributed by atoms with E-state index in [1.54, 1.807) is 38.4 Å². The number of likely N-dealkylation sites (N-methyl/N-ethyl adjacent to an activating group) is 1. The van der Waals surface area contributed by atoms with Crippen LogP contribution in [-0.4, -0.2) is 93.0 Å². The van der Waals surface area contributed by atoms with Crippen LogP contribution in [0.3, 0.4) is 0 Å². The van der Waals surface area contributed by atoms with Crippen LogP contribution in [0, 0.1) is 6.92 Å². The first-order valence-electron chi connectivity index (χ1n) is 17.7. The minimum Gasteiger partial charge on any atom is -0.493 e. The van der Waals surface area contributed by atoms with Gasteiger partial charge in [0.15, 0.2) is 11.5 Å². The first kappa shape index (κ1) is 40.6. The number of aryl methyl sites for hydroxylation is 1. The molecule has 0 radical (unpaired) electrons. The molecular formula is C40H57ClN4O5. The SMILES string of the molecule is CCCCN(CCC)CCC(CN(C)C(=O)c1cc(OC)c(OC)c(OC)c1)c1ccc(Cl)cc1.CCOCCn1c(C)nc2ccccc21. The number of halogens is 1. The topological polar surface area (TPSA) is 78.3 Å². The average Bonchev–Trinajstić information content (AvgIpc) is 3.46. The summed E-state index contributed by atoms with van der Waals surface area (Å²) in [6, 6.07) is 19.6. The van der Waals surface area contributed by atoms with E-state index in [1.807, 2.05) is 51.2 Å². The second-order valence-electron chi connectivity index (χ2n) is 12.3. The molecule has 0 aliphatic carbocycles. The fraction of sp³-hybridized carbons (Fsp3) is 0.500. The van der Waals surface area contributed by atoms with Gasteiger partial charge in [-0.3, -0.25) is 4.79 Å². The van der Waals surface area contributed by atoms with Crippen molar-refractivity contribution in [3.63, 3.8) is 0 Å². The molecule has 50 heavy (non-hydrogen) atoms. The predicted octanol–water partition coefficient (Wildman–Crippen LogP) is 8.51. The minimum absolute atomic E-state index is 0.0976. The molecule has 0 fully saturated rings. The van der Waals surface area contributed by atoms with Crippen LogP contribution in [0.15, 0.2) is 60.7 Å². The number of para-hydroxylation sites is 2. The van der Waals surface area contributed by atoms with Crippen molar-refractivity contribution in [2.24, 2.45) is 0 Å². The Balaban J connectivity index is 0.000000371. The Hall–Kier alpha value is -3.79. The zero-order valence-corrected chi connectivity index (χ0v) is 32.1. The van der Waals surface area contributed by atoms with E-state index in [1.165, 1.54) is 23.9 Å². The summed E-state index contributed by atoms with van der Waals surface area (Å²) in [7, 11) is 6.49. The third-order valence-corrected chi connectivity index (χ3v) is 9.02. The van der Waals surface area contributed by atoms with Crippen LogP contribution >= 0.6 is 11.6 Å². The minimum atomic E-state index is -0.0976. The molecule has 0 bridgehead atoms. The van der Waals surface area contributed by atoms with Gasteiger partial charge in [0, 0.05) is 43.2 Å². The van der Waals surface area contributed by atoms with E-state index < -0.39 is 0 Å². The molecule has 0 saturated carbocycles. The Labute approximate surface area is 304 Å². The second kappa shape index (κ2) is 21.4. The van der Waals surface area contributed by atoms with Gasteiger partial charge in [-0.15, -0.1) is 0 Å². The van der Waals surface area contributed by atoms with Gasteiger partial charge in [-0.05, 0) is 94.7 Å². The number of rotatable bonds is 19. The summed E-state index contributed by atoms with van der Waals surface area (Å²) in [4.78, 5) is 22.2. The normalized spacial score (nSPS) is 11.6. The third-order valence-electron chi connectivity index (χ3n) is 8.76. The van der Waals surface area contributed by atoms with Crippen molar-refractivity contribution < 1.29 is 23.7 Å². The zero-order valence-electron chi connectivity index (χ0n) is 31.3. The molecule has 0 aliphatic rings. The van der Waals surface area contributed by atoms with E-state index in [0.717, 1.165) is 63.6 Å². The maximum absolute atomic E-state index is 13.4. The molecule has 1 atom stereocenters. The number of fused-ring (bicyclic) bond motifs is 1. The van der Waals surface area contributed by atoms with Gasteiger partial charge in [0.1, 0.15) is 5.82 Å². The van der Waals surface area contributed by atoms with Gasteiger partial charge in [-0.25, -0.2) is 4.98 Å². The molecular weight excluding hydrogens is 652 g/mol. The number of unbranched alkanes of at least 4 members (excludes halogenated alkanes) is 1. The van der Waals surface area contributed by atoms with E-state index in [2.05, 4.69) is 46.5 Å². The molecule has 0 aliphatic heterocycles. The molecule has 1 unspecified atom stereocenters. The number of methoxy groups -OCH3 is 3. The van der Waals surface area contributed by atoms with Gasteiger partial charge >= 0.3 is 0 Å². The van der Waals surface area contributed by atoms with Crippen LogP contribution in [0.4, 0.5) is 0 Å². The Morgan fingerprint density at radius 3 is 2.18 bits per heavy atom. The summed E-state index contributed by atoms with van der Waals surface area (Å²) >= 11 is 6.15. The fourth-order valence-electron chi connectivity index (χ4n) is 6.09. The third kappa shape index (κ3) is 11.6. The standard InChI is InChI=1S/C28H41ClN2O4.C12H16N2O/c1-7-9-16-31(15-8-2)17-14-22(21-10-12-24(29)13-11-21)20-30(3)28(32)23-18-25(33-4)27(35-6)26(19-23)34-5;1-3-15-9-8-14-10(2)13-11-6-4-5-7-12(11)14/h10-13,18-19,22H,7-9,14-17,20H2,1-6H3;4-7H,3,8-9H2,1-2H3. The predicted molar refractivity (Wildman–Crippen MR) is 204 cm³/mol. The fourth-order valence-corrected chi connectivity index (χ4v) is 6.21. The van der Waals surface area contributed by atoms with Gasteiger partial charge in [-0.2, -0.15) is 0 Å². The number of aromatic nitrogens is 2. The number of hydrogen-bond acceptors (Lipinski definition) is 7. The number of hydrogen-bond donors (Lipinski definition) is 0. The lowest BCUT2D eigenvalue weighted by Gasteiger charge is -2.28. The average molecular weight is 709 g/mol.